The second kappa shape index (κ2) is 17.0. The molecule has 0 radical (unpaired) electrons. The molecule has 0 unspecified atom stereocenters. The Morgan fingerprint density at radius 3 is 0.769 bits per heavy atom. The van der Waals surface area contributed by atoms with E-state index in [1.54, 1.807) is 115 Å². The third kappa shape index (κ3) is 14.2. The van der Waals surface area contributed by atoms with Gasteiger partial charge in [-0.3, -0.25) is 0 Å². The van der Waals surface area contributed by atoms with Gasteiger partial charge in [-0.25, -0.2) is 14.4 Å². The number of rotatable bonds is 3. The molecule has 0 saturated heterocycles. The molecule has 0 spiro atoms. The number of nitrogens with one attached hydrogen (secondary N) is 3. The normalized spacial score (nSPS) is 9.46. The number of benzene rings is 3. The van der Waals surface area contributed by atoms with Gasteiger partial charge in [0.2, 0.25) is 0 Å². The Hall–Kier alpha value is -3.66. The first-order chi connectivity index (χ1) is 18.3. The van der Waals surface area contributed by atoms with Crippen LogP contribution in [0.25, 0.3) is 0 Å². The van der Waals surface area contributed by atoms with Gasteiger partial charge in [0.25, 0.3) is 0 Å². The molecule has 210 valence electrons. The van der Waals surface area contributed by atoms with E-state index in [4.69, 9.17) is 34.8 Å². The van der Waals surface area contributed by atoms with E-state index in [1.807, 2.05) is 0 Å². The number of nitrogens with zero attached hydrogens (tertiary/aromatic N) is 3. The van der Waals surface area contributed by atoms with E-state index in [-0.39, 0.29) is 18.1 Å². The van der Waals surface area contributed by atoms with Crippen molar-refractivity contribution in [3.8, 4) is 0 Å². The van der Waals surface area contributed by atoms with Crippen molar-refractivity contribution >= 4 is 70.0 Å². The van der Waals surface area contributed by atoms with Gasteiger partial charge in [-0.15, -0.1) is 0 Å². The fraction of sp³-hybridized carbons (Fsp3) is 0.222. The van der Waals surface area contributed by atoms with Crippen molar-refractivity contribution < 1.29 is 14.4 Å². The topological polar surface area (TPSA) is 97.0 Å². The van der Waals surface area contributed by atoms with Gasteiger partial charge < -0.3 is 30.7 Å². The molecule has 0 aliphatic carbocycles. The van der Waals surface area contributed by atoms with Gasteiger partial charge in [0.1, 0.15) is 0 Å². The predicted octanol–water partition coefficient (Wildman–Crippen LogP) is 7.30. The van der Waals surface area contributed by atoms with Crippen LogP contribution in [0.15, 0.2) is 72.8 Å². The van der Waals surface area contributed by atoms with Crippen molar-refractivity contribution in [2.24, 2.45) is 0 Å². The van der Waals surface area contributed by atoms with Crippen molar-refractivity contribution in [2.75, 3.05) is 58.2 Å². The molecule has 3 aromatic rings. The Morgan fingerprint density at radius 1 is 0.436 bits per heavy atom. The number of hydrogen-bond donors (Lipinski definition) is 3. The zero-order chi connectivity index (χ0) is 29.5. The molecule has 0 aliphatic heterocycles. The second-order valence-corrected chi connectivity index (χ2v) is 9.80. The van der Waals surface area contributed by atoms with Crippen molar-refractivity contribution in [2.45, 2.75) is 0 Å². The molecule has 0 aromatic heterocycles. The number of amides is 6. The van der Waals surface area contributed by atoms with Gasteiger partial charge >= 0.3 is 18.1 Å². The largest absolute Gasteiger partial charge is 0.331 e. The third-order valence-electron chi connectivity index (χ3n) is 4.51. The first-order valence-electron chi connectivity index (χ1n) is 11.5. The molecule has 0 bridgehead atoms. The van der Waals surface area contributed by atoms with E-state index < -0.39 is 0 Å². The lowest BCUT2D eigenvalue weighted by Crippen LogP contribution is -2.27. The molecule has 3 rings (SSSR count). The van der Waals surface area contributed by atoms with E-state index in [9.17, 15) is 14.4 Å². The summed E-state index contributed by atoms with van der Waals surface area (Å²) in [6.07, 6.45) is 0. The minimum atomic E-state index is -0.151. The number of carbonyl (C=O) groups is 3. The molecule has 39 heavy (non-hydrogen) atoms. The monoisotopic (exact) mass is 594 g/mol. The zero-order valence-corrected chi connectivity index (χ0v) is 24.9. The van der Waals surface area contributed by atoms with Gasteiger partial charge in [-0.1, -0.05) is 34.8 Å². The summed E-state index contributed by atoms with van der Waals surface area (Å²) in [6, 6.07) is 20.4. The Bertz CT molecular complexity index is 1040. The standard InChI is InChI=1S/3C9H11ClN2O/c3*1-12(2)9(13)11-8-5-3-7(10)4-6-8/h3*3-6H,1-2H3,(H,11,13). The SMILES string of the molecule is CN(C)C(=O)Nc1ccc(Cl)cc1.CN(C)C(=O)Nc1ccc(Cl)cc1.CN(C)C(=O)Nc1ccc(Cl)cc1. The summed E-state index contributed by atoms with van der Waals surface area (Å²) in [6.45, 7) is 0. The summed E-state index contributed by atoms with van der Waals surface area (Å²) in [5, 5.41) is 10.1. The number of hydrogen-bond acceptors (Lipinski definition) is 3. The highest BCUT2D eigenvalue weighted by molar-refractivity contribution is 6.31. The summed E-state index contributed by atoms with van der Waals surface area (Å²) < 4.78 is 0. The van der Waals surface area contributed by atoms with Crippen LogP contribution in [-0.2, 0) is 0 Å². The van der Waals surface area contributed by atoms with E-state index >= 15 is 0 Å². The number of urea groups is 3. The lowest BCUT2D eigenvalue weighted by atomic mass is 10.3. The van der Waals surface area contributed by atoms with E-state index in [2.05, 4.69) is 16.0 Å². The highest BCUT2D eigenvalue weighted by Gasteiger charge is 2.04. The lowest BCUT2D eigenvalue weighted by Gasteiger charge is -2.11. The number of halogens is 3. The predicted molar refractivity (Wildman–Crippen MR) is 162 cm³/mol. The Labute approximate surface area is 244 Å². The smallest absolute Gasteiger partial charge is 0.321 e. The molecule has 3 N–H and O–H groups in total. The van der Waals surface area contributed by atoms with E-state index in [1.165, 1.54) is 14.7 Å². The van der Waals surface area contributed by atoms with Crippen molar-refractivity contribution in [3.63, 3.8) is 0 Å². The molecule has 0 aliphatic rings. The summed E-state index contributed by atoms with van der Waals surface area (Å²) in [5.41, 5.74) is 2.22. The van der Waals surface area contributed by atoms with Crippen LogP contribution in [0.5, 0.6) is 0 Å². The Morgan fingerprint density at radius 2 is 0.615 bits per heavy atom. The van der Waals surface area contributed by atoms with Gasteiger partial charge in [0.15, 0.2) is 0 Å². The average Bonchev–Trinajstić information content (AvgIpc) is 2.88. The van der Waals surface area contributed by atoms with Crippen LogP contribution in [0.1, 0.15) is 0 Å². The summed E-state index contributed by atoms with van der Waals surface area (Å²) in [4.78, 5) is 37.9. The number of carbonyl (C=O) groups excluding carboxylic acids is 3. The van der Waals surface area contributed by atoms with Crippen LogP contribution in [-0.4, -0.2) is 75.1 Å². The molecular weight excluding hydrogens is 563 g/mol. The second-order valence-electron chi connectivity index (χ2n) is 8.49. The maximum Gasteiger partial charge on any atom is 0.321 e. The van der Waals surface area contributed by atoms with Crippen molar-refractivity contribution in [1.29, 1.82) is 0 Å². The quantitative estimate of drug-likeness (QED) is 0.296. The minimum Gasteiger partial charge on any atom is -0.331 e. The van der Waals surface area contributed by atoms with Crippen LogP contribution in [0.3, 0.4) is 0 Å². The Balaban J connectivity index is 0.000000292. The molecule has 12 heteroatoms. The highest BCUT2D eigenvalue weighted by Crippen LogP contribution is 2.15. The first-order valence-corrected chi connectivity index (χ1v) is 12.6. The van der Waals surface area contributed by atoms with Gasteiger partial charge in [-0.05, 0) is 72.8 Å². The average molecular weight is 596 g/mol. The highest BCUT2D eigenvalue weighted by atomic mass is 35.5. The van der Waals surface area contributed by atoms with Gasteiger partial charge in [0, 0.05) is 74.4 Å². The maximum absolute atomic E-state index is 11.2. The molecule has 6 amide bonds. The molecule has 3 aromatic carbocycles. The zero-order valence-electron chi connectivity index (χ0n) is 22.6. The third-order valence-corrected chi connectivity index (χ3v) is 5.26. The van der Waals surface area contributed by atoms with Gasteiger partial charge in [-0.2, -0.15) is 0 Å². The maximum atomic E-state index is 11.2. The minimum absolute atomic E-state index is 0.151. The van der Waals surface area contributed by atoms with Crippen molar-refractivity contribution in [3.05, 3.63) is 87.9 Å². The molecular formula is C27H33Cl3N6O3. The fourth-order valence-electron chi connectivity index (χ4n) is 2.31. The molecule has 0 heterocycles. The summed E-state index contributed by atoms with van der Waals surface area (Å²) in [5.74, 6) is 0. The molecule has 9 nitrogen and oxygen atoms in total. The first kappa shape index (κ1) is 33.4. The van der Waals surface area contributed by atoms with Crippen LogP contribution in [0.2, 0.25) is 15.1 Å². The molecule has 0 atom stereocenters. The molecule has 0 fully saturated rings. The van der Waals surface area contributed by atoms with Crippen LogP contribution >= 0.6 is 34.8 Å². The summed E-state index contributed by atoms with van der Waals surface area (Å²) >= 11 is 17.1. The van der Waals surface area contributed by atoms with Crippen LogP contribution in [0, 0.1) is 0 Å². The van der Waals surface area contributed by atoms with Crippen LogP contribution < -0.4 is 16.0 Å². The number of anilines is 3. The van der Waals surface area contributed by atoms with Crippen molar-refractivity contribution in [1.82, 2.24) is 14.7 Å². The fourth-order valence-corrected chi connectivity index (χ4v) is 2.68. The van der Waals surface area contributed by atoms with Gasteiger partial charge in [0.05, 0.1) is 0 Å². The molecule has 0 saturated carbocycles. The van der Waals surface area contributed by atoms with Crippen LogP contribution in [0.4, 0.5) is 31.4 Å². The lowest BCUT2D eigenvalue weighted by molar-refractivity contribution is 0.230. The summed E-state index contributed by atoms with van der Waals surface area (Å²) in [7, 11) is 10.1. The van der Waals surface area contributed by atoms with E-state index in [0.717, 1.165) is 17.1 Å². The Kier molecular flexibility index (Phi) is 14.6. The van der Waals surface area contributed by atoms with E-state index in [0.29, 0.717) is 15.1 Å².